The molecule has 7 heteroatoms. The van der Waals surface area contributed by atoms with E-state index in [1.165, 1.54) is 24.3 Å². The number of non-ortho nitro benzene ring substituents is 1. The van der Waals surface area contributed by atoms with E-state index in [4.69, 9.17) is 0 Å². The van der Waals surface area contributed by atoms with Gasteiger partial charge in [0.1, 0.15) is 0 Å². The predicted molar refractivity (Wildman–Crippen MR) is 101 cm³/mol. The summed E-state index contributed by atoms with van der Waals surface area (Å²) in [6, 6.07) is 17.0. The number of rotatable bonds is 6. The molecule has 0 aliphatic heterocycles. The lowest BCUT2D eigenvalue weighted by Crippen LogP contribution is -2.11. The molecule has 2 aromatic carbocycles. The molecule has 0 aliphatic carbocycles. The maximum atomic E-state index is 12.2. The summed E-state index contributed by atoms with van der Waals surface area (Å²) in [5, 5.41) is 13.4. The van der Waals surface area contributed by atoms with Crippen LogP contribution in [0.4, 0.5) is 11.4 Å². The lowest BCUT2D eigenvalue weighted by atomic mass is 10.2. The Kier molecular flexibility index (Phi) is 5.60. The van der Waals surface area contributed by atoms with Crippen LogP contribution in [0.15, 0.2) is 78.0 Å². The van der Waals surface area contributed by atoms with Crippen molar-refractivity contribution in [2.45, 2.75) is 10.6 Å². The summed E-state index contributed by atoms with van der Waals surface area (Å²) in [7, 11) is 0. The Balaban J connectivity index is 1.58. The number of carbonyl (C=O) groups excluding carboxylic acids is 1. The van der Waals surface area contributed by atoms with Crippen LogP contribution in [0.1, 0.15) is 15.9 Å². The smallest absolute Gasteiger partial charge is 0.269 e. The van der Waals surface area contributed by atoms with E-state index in [9.17, 15) is 14.9 Å². The maximum absolute atomic E-state index is 12.2. The van der Waals surface area contributed by atoms with Gasteiger partial charge >= 0.3 is 0 Å². The number of nitro benzene ring substituents is 1. The summed E-state index contributed by atoms with van der Waals surface area (Å²) >= 11 is 1.69. The highest BCUT2D eigenvalue weighted by molar-refractivity contribution is 7.98. The average molecular weight is 365 g/mol. The largest absolute Gasteiger partial charge is 0.322 e. The summed E-state index contributed by atoms with van der Waals surface area (Å²) in [6.07, 6.45) is 3.59. The zero-order valence-electron chi connectivity index (χ0n) is 13.7. The van der Waals surface area contributed by atoms with Crippen LogP contribution in [0, 0.1) is 10.1 Å². The quantitative estimate of drug-likeness (QED) is 0.394. The standard InChI is InChI=1S/C19H15N3O3S/c23-19(15-3-7-17(8-4-15)22(24)25)21-16-5-9-18(10-6-16)26-13-14-2-1-11-20-12-14/h1-12H,13H2,(H,21,23). The Bertz CT molecular complexity index is 898. The number of nitro groups is 1. The molecule has 0 spiro atoms. The van der Waals surface area contributed by atoms with Gasteiger partial charge in [0.15, 0.2) is 0 Å². The summed E-state index contributed by atoms with van der Waals surface area (Å²) in [5.74, 6) is 0.512. The fourth-order valence-electron chi connectivity index (χ4n) is 2.22. The number of thioether (sulfide) groups is 1. The monoisotopic (exact) mass is 365 g/mol. The number of carbonyl (C=O) groups is 1. The summed E-state index contributed by atoms with van der Waals surface area (Å²) in [4.78, 5) is 27.5. The van der Waals surface area contributed by atoms with Gasteiger partial charge in [0.2, 0.25) is 0 Å². The van der Waals surface area contributed by atoms with E-state index in [0.717, 1.165) is 16.2 Å². The third-order valence-electron chi connectivity index (χ3n) is 3.58. The van der Waals surface area contributed by atoms with Crippen LogP contribution in [0.3, 0.4) is 0 Å². The summed E-state index contributed by atoms with van der Waals surface area (Å²) in [6.45, 7) is 0. The number of nitrogens with one attached hydrogen (secondary N) is 1. The number of aromatic nitrogens is 1. The van der Waals surface area contributed by atoms with Gasteiger partial charge in [-0.3, -0.25) is 19.9 Å². The van der Waals surface area contributed by atoms with Crippen molar-refractivity contribution in [3.63, 3.8) is 0 Å². The van der Waals surface area contributed by atoms with Crippen LogP contribution < -0.4 is 5.32 Å². The second kappa shape index (κ2) is 8.26. The third-order valence-corrected chi connectivity index (χ3v) is 4.66. The number of nitrogens with zero attached hydrogens (tertiary/aromatic N) is 2. The molecule has 1 amide bonds. The van der Waals surface area contributed by atoms with Gasteiger partial charge in [0.05, 0.1) is 4.92 Å². The van der Waals surface area contributed by atoms with Crippen molar-refractivity contribution in [3.05, 3.63) is 94.3 Å². The fraction of sp³-hybridized carbons (Fsp3) is 0.0526. The highest BCUT2D eigenvalue weighted by Crippen LogP contribution is 2.24. The van der Waals surface area contributed by atoms with E-state index in [2.05, 4.69) is 10.3 Å². The Morgan fingerprint density at radius 3 is 2.42 bits per heavy atom. The number of pyridine rings is 1. The van der Waals surface area contributed by atoms with Crippen molar-refractivity contribution in [2.24, 2.45) is 0 Å². The van der Waals surface area contributed by atoms with Gasteiger partial charge in [-0.05, 0) is 48.0 Å². The fourth-order valence-corrected chi connectivity index (χ4v) is 3.06. The molecule has 26 heavy (non-hydrogen) atoms. The van der Waals surface area contributed by atoms with Gasteiger partial charge in [-0.25, -0.2) is 0 Å². The molecule has 0 radical (unpaired) electrons. The molecule has 1 N–H and O–H groups in total. The number of hydrogen-bond donors (Lipinski definition) is 1. The molecule has 1 heterocycles. The van der Waals surface area contributed by atoms with Crippen molar-refractivity contribution < 1.29 is 9.72 Å². The lowest BCUT2D eigenvalue weighted by Gasteiger charge is -2.07. The van der Waals surface area contributed by atoms with Gasteiger partial charge in [-0.15, -0.1) is 11.8 Å². The van der Waals surface area contributed by atoms with Crippen molar-refractivity contribution >= 4 is 29.0 Å². The zero-order chi connectivity index (χ0) is 18.4. The van der Waals surface area contributed by atoms with Gasteiger partial charge in [-0.2, -0.15) is 0 Å². The minimum Gasteiger partial charge on any atom is -0.322 e. The zero-order valence-corrected chi connectivity index (χ0v) is 14.5. The lowest BCUT2D eigenvalue weighted by molar-refractivity contribution is -0.384. The third kappa shape index (κ3) is 4.67. The van der Waals surface area contributed by atoms with Crippen molar-refractivity contribution in [3.8, 4) is 0 Å². The van der Waals surface area contributed by atoms with Crippen LogP contribution in [0.25, 0.3) is 0 Å². The molecular formula is C19H15N3O3S. The summed E-state index contributed by atoms with van der Waals surface area (Å²) in [5.41, 5.74) is 2.13. The molecule has 0 bridgehead atoms. The Labute approximate surface area is 154 Å². The van der Waals surface area contributed by atoms with E-state index < -0.39 is 4.92 Å². The second-order valence-corrected chi connectivity index (χ2v) is 6.48. The van der Waals surface area contributed by atoms with Gasteiger partial charge in [0.25, 0.3) is 11.6 Å². The van der Waals surface area contributed by atoms with Crippen molar-refractivity contribution in [1.82, 2.24) is 4.98 Å². The van der Waals surface area contributed by atoms with E-state index in [1.807, 2.05) is 42.6 Å². The van der Waals surface area contributed by atoms with Crippen molar-refractivity contribution in [1.29, 1.82) is 0 Å². The van der Waals surface area contributed by atoms with E-state index in [0.29, 0.717) is 11.3 Å². The van der Waals surface area contributed by atoms with Gasteiger partial charge in [-0.1, -0.05) is 6.07 Å². The van der Waals surface area contributed by atoms with E-state index >= 15 is 0 Å². The van der Waals surface area contributed by atoms with Crippen LogP contribution >= 0.6 is 11.8 Å². The summed E-state index contributed by atoms with van der Waals surface area (Å²) < 4.78 is 0. The highest BCUT2D eigenvalue weighted by Gasteiger charge is 2.09. The second-order valence-electron chi connectivity index (χ2n) is 5.43. The first kappa shape index (κ1) is 17.6. The molecule has 0 saturated carbocycles. The molecule has 0 saturated heterocycles. The van der Waals surface area contributed by atoms with Gasteiger partial charge < -0.3 is 5.32 Å². The predicted octanol–water partition coefficient (Wildman–Crippen LogP) is 4.53. The first-order valence-electron chi connectivity index (χ1n) is 7.79. The highest BCUT2D eigenvalue weighted by atomic mass is 32.2. The maximum Gasteiger partial charge on any atom is 0.269 e. The minimum atomic E-state index is -0.496. The minimum absolute atomic E-state index is 0.0449. The molecule has 3 aromatic rings. The molecule has 0 fully saturated rings. The molecule has 130 valence electrons. The first-order chi connectivity index (χ1) is 12.6. The molecule has 0 unspecified atom stereocenters. The van der Waals surface area contributed by atoms with Crippen LogP contribution in [-0.2, 0) is 5.75 Å². The molecule has 0 aliphatic rings. The van der Waals surface area contributed by atoms with Crippen LogP contribution in [0.2, 0.25) is 0 Å². The molecule has 3 rings (SSSR count). The molecule has 1 aromatic heterocycles. The van der Waals surface area contributed by atoms with E-state index in [-0.39, 0.29) is 11.6 Å². The van der Waals surface area contributed by atoms with Crippen molar-refractivity contribution in [2.75, 3.05) is 5.32 Å². The average Bonchev–Trinajstić information content (AvgIpc) is 2.68. The van der Waals surface area contributed by atoms with E-state index in [1.54, 1.807) is 18.0 Å². The topological polar surface area (TPSA) is 85.1 Å². The SMILES string of the molecule is O=C(Nc1ccc(SCc2cccnc2)cc1)c1ccc([N+](=O)[O-])cc1. The Morgan fingerprint density at radius 1 is 1.08 bits per heavy atom. The molecule has 6 nitrogen and oxygen atoms in total. The number of hydrogen-bond acceptors (Lipinski definition) is 5. The first-order valence-corrected chi connectivity index (χ1v) is 8.78. The number of anilines is 1. The van der Waals surface area contributed by atoms with Crippen LogP contribution in [-0.4, -0.2) is 15.8 Å². The molecule has 0 atom stereocenters. The number of amides is 1. The molecular weight excluding hydrogens is 350 g/mol. The van der Waals surface area contributed by atoms with Crippen LogP contribution in [0.5, 0.6) is 0 Å². The van der Waals surface area contributed by atoms with Gasteiger partial charge in [0, 0.05) is 46.4 Å². The number of benzene rings is 2. The normalized spacial score (nSPS) is 10.3. The Hall–Kier alpha value is -3.19. The Morgan fingerprint density at radius 2 is 1.81 bits per heavy atom.